The van der Waals surface area contributed by atoms with Crippen molar-refractivity contribution in [1.82, 2.24) is 4.98 Å². The van der Waals surface area contributed by atoms with Gasteiger partial charge in [-0.05, 0) is 66.5 Å². The number of aromatic nitrogens is 1. The number of allylic oxidation sites excluding steroid dienone is 1. The molecule has 2 aromatic rings. The van der Waals surface area contributed by atoms with Crippen molar-refractivity contribution in [2.75, 3.05) is 12.8 Å². The van der Waals surface area contributed by atoms with Crippen LogP contribution < -0.4 is 5.73 Å². The molecule has 0 amide bonds. The Morgan fingerprint density at radius 2 is 1.73 bits per heavy atom. The molecule has 1 aliphatic rings. The van der Waals surface area contributed by atoms with Gasteiger partial charge in [0.05, 0.1) is 30.6 Å². The fourth-order valence-electron chi connectivity index (χ4n) is 4.35. The lowest BCUT2D eigenvalue weighted by atomic mass is 9.88. The van der Waals surface area contributed by atoms with Crippen LogP contribution in [0, 0.1) is 31.1 Å². The average molecular weight is 508 g/mol. The van der Waals surface area contributed by atoms with Gasteiger partial charge in [0, 0.05) is 11.8 Å². The van der Waals surface area contributed by atoms with Crippen LogP contribution in [-0.2, 0) is 16.0 Å². The average Bonchev–Trinajstić information content (AvgIpc) is 2.92. The maximum absolute atomic E-state index is 9.41. The van der Waals surface area contributed by atoms with Crippen molar-refractivity contribution in [3.63, 3.8) is 0 Å². The van der Waals surface area contributed by atoms with E-state index in [1.165, 1.54) is 44.8 Å². The number of anilines is 1. The van der Waals surface area contributed by atoms with Crippen LogP contribution in [0.3, 0.4) is 0 Å². The summed E-state index contributed by atoms with van der Waals surface area (Å²) in [5.41, 5.74) is 14.2. The predicted octanol–water partition coefficient (Wildman–Crippen LogP) is 8.35. The van der Waals surface area contributed by atoms with Crippen molar-refractivity contribution in [1.29, 1.82) is 5.26 Å². The number of carbonyl (C=O) groups excluding carboxylic acids is 1. The van der Waals surface area contributed by atoms with Crippen molar-refractivity contribution < 1.29 is 9.53 Å². The summed E-state index contributed by atoms with van der Waals surface area (Å²) in [6.45, 7) is 15.1. The normalized spacial score (nSPS) is 12.9. The van der Waals surface area contributed by atoms with E-state index in [0.29, 0.717) is 12.0 Å². The van der Waals surface area contributed by atoms with Gasteiger partial charge in [-0.3, -0.25) is 9.78 Å². The molecule has 0 atom stereocenters. The molecule has 0 spiro atoms. The number of benzene rings is 1. The second-order valence-electron chi connectivity index (χ2n) is 9.18. The van der Waals surface area contributed by atoms with Crippen LogP contribution in [0.15, 0.2) is 30.6 Å². The van der Waals surface area contributed by atoms with Gasteiger partial charge in [0.2, 0.25) is 0 Å². The van der Waals surface area contributed by atoms with Gasteiger partial charge in [-0.25, -0.2) is 0 Å². The Kier molecular flexibility index (Phi) is 18.3. The van der Waals surface area contributed by atoms with E-state index < -0.39 is 0 Å². The number of nitrogen functional groups attached to an aromatic ring is 1. The number of methoxy groups -OCH3 is 1. The molecular weight excluding hydrogens is 458 g/mol. The van der Waals surface area contributed by atoms with E-state index in [0.717, 1.165) is 58.7 Å². The van der Waals surface area contributed by atoms with Crippen molar-refractivity contribution in [2.24, 2.45) is 5.92 Å². The molecule has 0 aliphatic heterocycles. The quantitative estimate of drug-likeness (QED) is 0.397. The molecule has 2 N–H and O–H groups in total. The van der Waals surface area contributed by atoms with Gasteiger partial charge >= 0.3 is 0 Å². The molecule has 0 radical (unpaired) electrons. The molecule has 1 saturated carbocycles. The molecule has 0 bridgehead atoms. The lowest BCUT2D eigenvalue weighted by Gasteiger charge is -2.17. The number of ether oxygens (including phenoxy) is 1. The second-order valence-corrected chi connectivity index (χ2v) is 9.18. The topological polar surface area (TPSA) is 89.0 Å². The van der Waals surface area contributed by atoms with E-state index in [9.17, 15) is 5.26 Å². The third kappa shape index (κ3) is 11.6. The molecule has 204 valence electrons. The van der Waals surface area contributed by atoms with E-state index in [-0.39, 0.29) is 0 Å². The van der Waals surface area contributed by atoms with Gasteiger partial charge in [0.25, 0.3) is 6.47 Å². The number of nitrogens with two attached hydrogens (primary N) is 1. The molecule has 1 aromatic carbocycles. The zero-order valence-corrected chi connectivity index (χ0v) is 24.5. The molecule has 1 aliphatic carbocycles. The maximum atomic E-state index is 9.41. The molecule has 0 unspecified atom stereocenters. The first kappa shape index (κ1) is 33.9. The van der Waals surface area contributed by atoms with E-state index in [4.69, 9.17) is 10.5 Å². The van der Waals surface area contributed by atoms with Gasteiger partial charge < -0.3 is 10.5 Å². The fraction of sp³-hybridized carbons (Fsp3) is 0.531. The van der Waals surface area contributed by atoms with Crippen LogP contribution in [0.4, 0.5) is 5.69 Å². The van der Waals surface area contributed by atoms with E-state index >= 15 is 0 Å². The van der Waals surface area contributed by atoms with E-state index in [1.807, 2.05) is 33.0 Å². The van der Waals surface area contributed by atoms with Crippen LogP contribution in [-0.4, -0.2) is 18.6 Å². The molecule has 1 heterocycles. The Bertz CT molecular complexity index is 1000. The number of rotatable bonds is 6. The number of unbranched alkanes of at least 4 members (excludes halogenated alkanes) is 1. The Morgan fingerprint density at radius 1 is 1.11 bits per heavy atom. The number of hydrogen-bond acceptors (Lipinski definition) is 5. The van der Waals surface area contributed by atoms with Gasteiger partial charge in [0.1, 0.15) is 0 Å². The zero-order valence-electron chi connectivity index (χ0n) is 24.5. The molecule has 3 rings (SSSR count). The summed E-state index contributed by atoms with van der Waals surface area (Å²) in [6, 6.07) is 6.37. The Labute approximate surface area is 226 Å². The SMILES string of the molecule is CC.CC1CCCCC1.CCC/C=C(\c1cc(C#N)c(C)cc1C)c1cncc(N)c1CC.COC=O. The molecule has 0 saturated heterocycles. The number of carbonyl (C=O) groups is 1. The summed E-state index contributed by atoms with van der Waals surface area (Å²) in [5, 5.41) is 9.41. The summed E-state index contributed by atoms with van der Waals surface area (Å²) in [7, 11) is 1.31. The smallest absolute Gasteiger partial charge is 0.292 e. The summed E-state index contributed by atoms with van der Waals surface area (Å²) in [4.78, 5) is 13.3. The number of pyridine rings is 1. The molecule has 1 fully saturated rings. The summed E-state index contributed by atoms with van der Waals surface area (Å²) >= 11 is 0. The Hall–Kier alpha value is -3.13. The standard InChI is InChI=1S/C21H25N3.C7H14.C2H4O2.C2H6/c1-5-7-8-18(20-12-24-13-21(23)17(20)6-2)19-10-16(11-22)14(3)9-15(19)4;1-7-5-3-2-4-6-7;1-4-2-3;1-2/h8-10,12-13H,5-7,23H2,1-4H3;7H,2-6H2,1H3;2H,1H3;1-2H3/b18-8+;;;. The van der Waals surface area contributed by atoms with Gasteiger partial charge in [-0.2, -0.15) is 5.26 Å². The van der Waals surface area contributed by atoms with Gasteiger partial charge in [0.15, 0.2) is 0 Å². The second kappa shape index (κ2) is 20.0. The Morgan fingerprint density at radius 3 is 2.19 bits per heavy atom. The Balaban J connectivity index is 0.000000819. The number of nitriles is 1. The van der Waals surface area contributed by atoms with E-state index in [1.54, 1.807) is 6.20 Å². The molecular formula is C32H49N3O2. The monoisotopic (exact) mass is 507 g/mol. The molecule has 1 aromatic heterocycles. The third-order valence-corrected chi connectivity index (χ3v) is 6.34. The summed E-state index contributed by atoms with van der Waals surface area (Å²) in [5.74, 6) is 1.04. The van der Waals surface area contributed by atoms with Gasteiger partial charge in [-0.15, -0.1) is 0 Å². The molecule has 5 nitrogen and oxygen atoms in total. The van der Waals surface area contributed by atoms with Crippen LogP contribution in [0.2, 0.25) is 0 Å². The molecule has 37 heavy (non-hydrogen) atoms. The predicted molar refractivity (Wildman–Crippen MR) is 157 cm³/mol. The third-order valence-electron chi connectivity index (χ3n) is 6.34. The summed E-state index contributed by atoms with van der Waals surface area (Å²) < 4.78 is 3.86. The highest BCUT2D eigenvalue weighted by molar-refractivity contribution is 5.85. The maximum Gasteiger partial charge on any atom is 0.292 e. The zero-order chi connectivity index (χ0) is 28.2. The van der Waals surface area contributed by atoms with Crippen molar-refractivity contribution >= 4 is 17.7 Å². The minimum absolute atomic E-state index is 0.375. The van der Waals surface area contributed by atoms with E-state index in [2.05, 4.69) is 55.6 Å². The lowest BCUT2D eigenvalue weighted by molar-refractivity contribution is -0.126. The van der Waals surface area contributed by atoms with Crippen LogP contribution in [0.1, 0.15) is 113 Å². The highest BCUT2D eigenvalue weighted by Crippen LogP contribution is 2.32. The number of nitrogens with zero attached hydrogens (tertiary/aromatic N) is 2. The lowest BCUT2D eigenvalue weighted by Crippen LogP contribution is -2.03. The fourth-order valence-corrected chi connectivity index (χ4v) is 4.35. The first-order chi connectivity index (χ1) is 17.8. The van der Waals surface area contributed by atoms with Crippen molar-refractivity contribution in [2.45, 2.75) is 99.8 Å². The van der Waals surface area contributed by atoms with Crippen molar-refractivity contribution in [3.05, 3.63) is 64.0 Å². The van der Waals surface area contributed by atoms with Gasteiger partial charge in [-0.1, -0.05) is 85.3 Å². The summed E-state index contributed by atoms with van der Waals surface area (Å²) in [6.07, 6.45) is 16.2. The minimum atomic E-state index is 0.375. The highest BCUT2D eigenvalue weighted by atomic mass is 16.5. The highest BCUT2D eigenvalue weighted by Gasteiger charge is 2.15. The van der Waals surface area contributed by atoms with Crippen LogP contribution in [0.5, 0.6) is 0 Å². The number of aryl methyl sites for hydroxylation is 2. The first-order valence-electron chi connectivity index (χ1n) is 13.7. The van der Waals surface area contributed by atoms with Crippen molar-refractivity contribution in [3.8, 4) is 6.07 Å². The van der Waals surface area contributed by atoms with Crippen LogP contribution >= 0.6 is 0 Å². The largest absolute Gasteiger partial charge is 0.471 e. The van der Waals surface area contributed by atoms with Crippen LogP contribution in [0.25, 0.3) is 5.57 Å². The molecule has 5 heteroatoms. The minimum Gasteiger partial charge on any atom is -0.471 e. The first-order valence-corrected chi connectivity index (χ1v) is 13.7. The number of hydrogen-bond donors (Lipinski definition) is 1.